The molecule has 1 heterocycles. The maximum Gasteiger partial charge on any atom is 0.304 e. The molecule has 0 aromatic rings. The predicted octanol–water partition coefficient (Wildman–Crippen LogP) is 1.18. The molecule has 1 aliphatic heterocycles. The Morgan fingerprint density at radius 3 is 2.33 bits per heavy atom. The van der Waals surface area contributed by atoms with E-state index in [2.05, 4.69) is 0 Å². The molecule has 0 saturated carbocycles. The van der Waals surface area contributed by atoms with Gasteiger partial charge in [0.2, 0.25) is 5.91 Å². The van der Waals surface area contributed by atoms with Gasteiger partial charge in [-0.2, -0.15) is 0 Å². The summed E-state index contributed by atoms with van der Waals surface area (Å²) >= 11 is 0. The highest BCUT2D eigenvalue weighted by Crippen LogP contribution is 2.10. The molecule has 0 radical (unpaired) electrons. The number of hydrogen-bond donors (Lipinski definition) is 1. The van der Waals surface area contributed by atoms with Gasteiger partial charge >= 0.3 is 5.97 Å². The maximum absolute atomic E-state index is 12.1. The monoisotopic (exact) mass is 256 g/mol. The number of carbonyl (C=O) groups is 2. The minimum atomic E-state index is -0.814. The molecule has 0 atom stereocenters. The fourth-order valence-corrected chi connectivity index (χ4v) is 2.18. The van der Waals surface area contributed by atoms with Gasteiger partial charge in [0, 0.05) is 25.7 Å². The van der Waals surface area contributed by atoms with Gasteiger partial charge in [-0.25, -0.2) is 0 Å². The van der Waals surface area contributed by atoms with Gasteiger partial charge in [0.25, 0.3) is 0 Å². The molecule has 0 spiro atoms. The summed E-state index contributed by atoms with van der Waals surface area (Å²) in [5.74, 6) is -0.681. The van der Waals surface area contributed by atoms with Gasteiger partial charge in [-0.05, 0) is 33.1 Å². The van der Waals surface area contributed by atoms with Crippen LogP contribution in [0, 0.1) is 0 Å². The van der Waals surface area contributed by atoms with Crippen molar-refractivity contribution in [3.8, 4) is 0 Å². The number of carboxylic acid groups (broad SMARTS) is 1. The molecule has 0 aliphatic carbocycles. The number of rotatable bonds is 6. The molecule has 1 rings (SSSR count). The van der Waals surface area contributed by atoms with Gasteiger partial charge in [0.15, 0.2) is 0 Å². The molecule has 0 bridgehead atoms. The summed E-state index contributed by atoms with van der Waals surface area (Å²) in [7, 11) is 0. The van der Waals surface area contributed by atoms with Crippen molar-refractivity contribution < 1.29 is 14.7 Å². The minimum absolute atomic E-state index is 0.0888. The lowest BCUT2D eigenvalue weighted by atomic mass is 10.1. The van der Waals surface area contributed by atoms with Gasteiger partial charge in [0.05, 0.1) is 13.0 Å². The molecule has 18 heavy (non-hydrogen) atoms. The smallest absolute Gasteiger partial charge is 0.304 e. The first-order valence-corrected chi connectivity index (χ1v) is 6.74. The van der Waals surface area contributed by atoms with Crippen molar-refractivity contribution in [2.24, 2.45) is 0 Å². The van der Waals surface area contributed by atoms with Gasteiger partial charge in [-0.3, -0.25) is 14.5 Å². The van der Waals surface area contributed by atoms with E-state index in [0.29, 0.717) is 13.1 Å². The molecule has 0 aromatic heterocycles. The molecule has 0 unspecified atom stereocenters. The Kier molecular flexibility index (Phi) is 6.12. The summed E-state index contributed by atoms with van der Waals surface area (Å²) in [6.45, 7) is 6.46. The van der Waals surface area contributed by atoms with Crippen LogP contribution >= 0.6 is 0 Å². The van der Waals surface area contributed by atoms with Crippen molar-refractivity contribution in [3.05, 3.63) is 0 Å². The van der Waals surface area contributed by atoms with E-state index in [0.717, 1.165) is 25.9 Å². The Hall–Kier alpha value is -1.10. The number of aliphatic carboxylic acids is 1. The van der Waals surface area contributed by atoms with E-state index in [4.69, 9.17) is 5.11 Å². The second kappa shape index (κ2) is 7.36. The fourth-order valence-electron chi connectivity index (χ4n) is 2.18. The number of amides is 1. The minimum Gasteiger partial charge on any atom is -0.481 e. The lowest BCUT2D eigenvalue weighted by Gasteiger charge is -2.31. The molecule has 5 nitrogen and oxygen atoms in total. The Morgan fingerprint density at radius 2 is 1.83 bits per heavy atom. The van der Waals surface area contributed by atoms with Gasteiger partial charge in [-0.15, -0.1) is 0 Å². The molecule has 1 saturated heterocycles. The fraction of sp³-hybridized carbons (Fsp3) is 0.846. The third kappa shape index (κ3) is 5.04. The predicted molar refractivity (Wildman–Crippen MR) is 69.4 cm³/mol. The highest BCUT2D eigenvalue weighted by Gasteiger charge is 2.21. The second-order valence-corrected chi connectivity index (χ2v) is 5.15. The molecule has 1 aliphatic rings. The van der Waals surface area contributed by atoms with E-state index < -0.39 is 5.97 Å². The summed E-state index contributed by atoms with van der Waals surface area (Å²) < 4.78 is 0. The van der Waals surface area contributed by atoms with Crippen LogP contribution < -0.4 is 0 Å². The molecule has 1 N–H and O–H groups in total. The van der Waals surface area contributed by atoms with Crippen LogP contribution in [0.1, 0.15) is 39.5 Å². The Bertz CT molecular complexity index is 286. The third-order valence-corrected chi connectivity index (χ3v) is 3.39. The highest BCUT2D eigenvalue weighted by molar-refractivity contribution is 5.78. The summed E-state index contributed by atoms with van der Waals surface area (Å²) in [5.41, 5.74) is 0. The molecular formula is C13H24N2O3. The number of hydrogen-bond acceptors (Lipinski definition) is 3. The zero-order chi connectivity index (χ0) is 13.5. The third-order valence-electron chi connectivity index (χ3n) is 3.39. The number of carbonyl (C=O) groups excluding carboxylic acids is 1. The zero-order valence-corrected chi connectivity index (χ0v) is 11.4. The van der Waals surface area contributed by atoms with Crippen LogP contribution in [0.25, 0.3) is 0 Å². The lowest BCUT2D eigenvalue weighted by Crippen LogP contribution is -2.45. The second-order valence-electron chi connectivity index (χ2n) is 5.15. The molecule has 0 aromatic carbocycles. The van der Waals surface area contributed by atoms with E-state index >= 15 is 0 Å². The number of likely N-dealkylation sites (tertiary alicyclic amines) is 1. The summed E-state index contributed by atoms with van der Waals surface area (Å²) in [6, 6.07) is 0.193. The Labute approximate surface area is 109 Å². The van der Waals surface area contributed by atoms with Crippen LogP contribution in [-0.2, 0) is 9.59 Å². The quantitative estimate of drug-likeness (QED) is 0.775. The van der Waals surface area contributed by atoms with Crippen molar-refractivity contribution in [2.45, 2.75) is 45.6 Å². The average molecular weight is 256 g/mol. The largest absolute Gasteiger partial charge is 0.481 e. The number of nitrogens with zero attached hydrogens (tertiary/aromatic N) is 2. The van der Waals surface area contributed by atoms with Crippen molar-refractivity contribution >= 4 is 11.9 Å². The van der Waals surface area contributed by atoms with Crippen LogP contribution in [0.15, 0.2) is 0 Å². The average Bonchev–Trinajstić information content (AvgIpc) is 2.34. The molecule has 1 amide bonds. The topological polar surface area (TPSA) is 60.9 Å². The zero-order valence-electron chi connectivity index (χ0n) is 11.4. The summed E-state index contributed by atoms with van der Waals surface area (Å²) in [5, 5.41) is 8.70. The van der Waals surface area contributed by atoms with Crippen molar-refractivity contribution in [2.75, 3.05) is 26.2 Å². The molecular weight excluding hydrogens is 232 g/mol. The van der Waals surface area contributed by atoms with Crippen LogP contribution in [0.4, 0.5) is 0 Å². The molecule has 1 fully saturated rings. The standard InChI is InChI=1S/C13H24N2O3/c1-11(2)15(9-6-13(17)18)10-12(16)14-7-4-3-5-8-14/h11H,3-10H2,1-2H3,(H,17,18). The van der Waals surface area contributed by atoms with Crippen LogP contribution in [0.5, 0.6) is 0 Å². The van der Waals surface area contributed by atoms with Crippen molar-refractivity contribution in [1.29, 1.82) is 0 Å². The van der Waals surface area contributed by atoms with E-state index in [1.165, 1.54) is 6.42 Å². The van der Waals surface area contributed by atoms with Crippen LogP contribution in [0.2, 0.25) is 0 Å². The molecule has 5 heteroatoms. The van der Waals surface area contributed by atoms with E-state index in [1.54, 1.807) is 0 Å². The van der Waals surface area contributed by atoms with Gasteiger partial charge in [0.1, 0.15) is 0 Å². The first-order chi connectivity index (χ1) is 8.50. The summed E-state index contributed by atoms with van der Waals surface area (Å²) in [6.07, 6.45) is 3.47. The van der Waals surface area contributed by atoms with E-state index in [1.807, 2.05) is 23.6 Å². The van der Waals surface area contributed by atoms with E-state index in [-0.39, 0.29) is 18.4 Å². The number of piperidine rings is 1. The lowest BCUT2D eigenvalue weighted by molar-refractivity contribution is -0.139. The van der Waals surface area contributed by atoms with Gasteiger partial charge in [-0.1, -0.05) is 0 Å². The number of carboxylic acids is 1. The highest BCUT2D eigenvalue weighted by atomic mass is 16.4. The van der Waals surface area contributed by atoms with Crippen molar-refractivity contribution in [1.82, 2.24) is 9.80 Å². The first kappa shape index (κ1) is 15.0. The Balaban J connectivity index is 2.43. The summed E-state index contributed by atoms with van der Waals surface area (Å²) in [4.78, 5) is 26.5. The van der Waals surface area contributed by atoms with Crippen molar-refractivity contribution in [3.63, 3.8) is 0 Å². The van der Waals surface area contributed by atoms with Crippen LogP contribution in [0.3, 0.4) is 0 Å². The first-order valence-electron chi connectivity index (χ1n) is 6.74. The van der Waals surface area contributed by atoms with Crippen LogP contribution in [-0.4, -0.2) is 59.0 Å². The maximum atomic E-state index is 12.1. The SMILES string of the molecule is CC(C)N(CCC(=O)O)CC(=O)N1CCCCC1. The molecule has 104 valence electrons. The van der Waals surface area contributed by atoms with Gasteiger partial charge < -0.3 is 10.0 Å². The Morgan fingerprint density at radius 1 is 1.22 bits per heavy atom. The normalized spacial score (nSPS) is 16.3. The van der Waals surface area contributed by atoms with E-state index in [9.17, 15) is 9.59 Å².